The maximum atomic E-state index is 7.07. The van der Waals surface area contributed by atoms with Crippen LogP contribution in [0.5, 0.6) is 11.5 Å². The molecule has 0 spiro atoms. The summed E-state index contributed by atoms with van der Waals surface area (Å²) in [5.41, 5.74) is 15.4. The van der Waals surface area contributed by atoms with Gasteiger partial charge in [0.05, 0.1) is 17.1 Å². The molecule has 0 fully saturated rings. The van der Waals surface area contributed by atoms with Crippen LogP contribution in [0.15, 0.2) is 173 Å². The maximum absolute atomic E-state index is 7.07. The zero-order chi connectivity index (χ0) is 33.9. The van der Waals surface area contributed by atoms with E-state index in [-0.39, 0.29) is 0 Å². The van der Waals surface area contributed by atoms with E-state index in [9.17, 15) is 0 Å². The first-order valence-electron chi connectivity index (χ1n) is 17.6. The zero-order valence-electron chi connectivity index (χ0n) is 27.8. The Labute approximate surface area is 298 Å². The van der Waals surface area contributed by atoms with Gasteiger partial charge in [0.15, 0.2) is 11.5 Å². The Morgan fingerprint density at radius 3 is 1.60 bits per heavy atom. The zero-order valence-corrected chi connectivity index (χ0v) is 27.8. The number of nitrogens with zero attached hydrogens (tertiary/aromatic N) is 1. The number of hydrogen-bond donors (Lipinski definition) is 0. The van der Waals surface area contributed by atoms with E-state index in [2.05, 4.69) is 144 Å². The van der Waals surface area contributed by atoms with Gasteiger partial charge in [0.25, 0.3) is 0 Å². The molecule has 242 valence electrons. The van der Waals surface area contributed by atoms with E-state index in [0.717, 1.165) is 106 Å². The van der Waals surface area contributed by atoms with E-state index in [0.29, 0.717) is 0 Å². The highest BCUT2D eigenvalue weighted by molar-refractivity contribution is 6.13. The van der Waals surface area contributed by atoms with E-state index < -0.39 is 0 Å². The lowest BCUT2D eigenvalue weighted by Crippen LogP contribution is -2.16. The van der Waals surface area contributed by atoms with Crippen molar-refractivity contribution >= 4 is 60.9 Å². The molecule has 0 radical (unpaired) electrons. The number of hydrogen-bond acceptors (Lipinski definition) is 4. The Morgan fingerprint density at radius 2 is 0.885 bits per heavy atom. The van der Waals surface area contributed by atoms with Crippen molar-refractivity contribution in [3.8, 4) is 56.0 Å². The molecule has 0 saturated heterocycles. The Bertz CT molecular complexity index is 3130. The average molecular weight is 666 g/mol. The lowest BCUT2D eigenvalue weighted by molar-refractivity contribution is 0.477. The second-order valence-electron chi connectivity index (χ2n) is 13.6. The van der Waals surface area contributed by atoms with Crippen molar-refractivity contribution in [2.45, 2.75) is 0 Å². The smallest absolute Gasteiger partial charge is 0.152 e. The Hall–Kier alpha value is -7.04. The van der Waals surface area contributed by atoms with Crippen molar-refractivity contribution in [3.05, 3.63) is 164 Å². The molecule has 0 atom stereocenters. The molecule has 4 heteroatoms. The van der Waals surface area contributed by atoms with Crippen LogP contribution in [0.3, 0.4) is 0 Å². The minimum absolute atomic E-state index is 0.781. The predicted molar refractivity (Wildman–Crippen MR) is 211 cm³/mol. The molecular formula is C48H27NO3. The van der Waals surface area contributed by atoms with Crippen LogP contribution in [-0.2, 0) is 0 Å². The van der Waals surface area contributed by atoms with Crippen molar-refractivity contribution in [1.82, 2.24) is 0 Å². The standard InChI is InChI=1S/C48H27NO3/c1-2-12-33-32(11-1)34-13-3-6-20-40(34)49-41-24-23-28(30-16-9-18-37-35-14-4-7-21-42(35)51-47(30)37)26-44(41)50-45-27-29(25-39(33)46(45)49)31-17-10-19-38-36-15-5-8-22-43(36)52-48(31)38/h1-27H. The quantitative estimate of drug-likeness (QED) is 0.184. The number of furan rings is 2. The monoisotopic (exact) mass is 665 g/mol. The summed E-state index contributed by atoms with van der Waals surface area (Å²) in [6.45, 7) is 0. The minimum atomic E-state index is 0.781. The lowest BCUT2D eigenvalue weighted by atomic mass is 9.91. The molecule has 52 heavy (non-hydrogen) atoms. The molecule has 10 aromatic rings. The van der Waals surface area contributed by atoms with Gasteiger partial charge in [-0.05, 0) is 64.7 Å². The normalized spacial score (nSPS) is 12.7. The summed E-state index contributed by atoms with van der Waals surface area (Å²) < 4.78 is 20.1. The van der Waals surface area contributed by atoms with Gasteiger partial charge in [-0.3, -0.25) is 0 Å². The van der Waals surface area contributed by atoms with E-state index in [1.807, 2.05) is 24.3 Å². The maximum Gasteiger partial charge on any atom is 0.152 e. The highest BCUT2D eigenvalue weighted by Gasteiger charge is 2.35. The van der Waals surface area contributed by atoms with Crippen LogP contribution in [-0.4, -0.2) is 0 Å². The summed E-state index contributed by atoms with van der Waals surface area (Å²) in [4.78, 5) is 2.38. The topological polar surface area (TPSA) is 38.8 Å². The number of para-hydroxylation sites is 5. The number of fused-ring (bicyclic) bond motifs is 13. The van der Waals surface area contributed by atoms with Crippen molar-refractivity contribution in [1.29, 1.82) is 0 Å². The Kier molecular flexibility index (Phi) is 5.47. The van der Waals surface area contributed by atoms with Gasteiger partial charge in [-0.2, -0.15) is 0 Å². The van der Waals surface area contributed by atoms with Gasteiger partial charge in [-0.15, -0.1) is 0 Å². The highest BCUT2D eigenvalue weighted by atomic mass is 16.5. The highest BCUT2D eigenvalue weighted by Crippen LogP contribution is 2.60. The summed E-state index contributed by atoms with van der Waals surface area (Å²) in [6.07, 6.45) is 0. The Morgan fingerprint density at radius 1 is 0.346 bits per heavy atom. The van der Waals surface area contributed by atoms with Crippen molar-refractivity contribution < 1.29 is 13.6 Å². The molecule has 0 saturated carbocycles. The van der Waals surface area contributed by atoms with Crippen LogP contribution in [0.2, 0.25) is 0 Å². The van der Waals surface area contributed by atoms with Crippen molar-refractivity contribution in [3.63, 3.8) is 0 Å². The van der Waals surface area contributed by atoms with Gasteiger partial charge in [-0.25, -0.2) is 0 Å². The molecule has 0 N–H and O–H groups in total. The van der Waals surface area contributed by atoms with E-state index in [1.54, 1.807) is 0 Å². The van der Waals surface area contributed by atoms with Gasteiger partial charge in [0.2, 0.25) is 0 Å². The van der Waals surface area contributed by atoms with Crippen LogP contribution in [0.25, 0.3) is 88.4 Å². The molecule has 0 aliphatic carbocycles. The second kappa shape index (κ2) is 10.3. The largest absolute Gasteiger partial charge is 0.455 e. The lowest BCUT2D eigenvalue weighted by Gasteiger charge is -2.34. The Balaban J connectivity index is 1.13. The molecule has 2 aromatic heterocycles. The molecule has 4 heterocycles. The van der Waals surface area contributed by atoms with E-state index in [4.69, 9.17) is 13.6 Å². The van der Waals surface area contributed by atoms with Gasteiger partial charge in [0, 0.05) is 43.8 Å². The molecule has 4 nitrogen and oxygen atoms in total. The molecule has 0 unspecified atom stereocenters. The summed E-state index contributed by atoms with van der Waals surface area (Å²) in [5, 5.41) is 4.43. The van der Waals surface area contributed by atoms with Gasteiger partial charge >= 0.3 is 0 Å². The summed E-state index contributed by atoms with van der Waals surface area (Å²) in [5.74, 6) is 1.57. The molecular weight excluding hydrogens is 639 g/mol. The minimum Gasteiger partial charge on any atom is -0.455 e. The third-order valence-electron chi connectivity index (χ3n) is 10.8. The molecule has 2 aliphatic rings. The van der Waals surface area contributed by atoms with Crippen LogP contribution >= 0.6 is 0 Å². The fraction of sp³-hybridized carbons (Fsp3) is 0. The summed E-state index contributed by atoms with van der Waals surface area (Å²) >= 11 is 0. The molecule has 0 amide bonds. The third kappa shape index (κ3) is 3.75. The first-order valence-corrected chi connectivity index (χ1v) is 17.6. The fourth-order valence-corrected chi connectivity index (χ4v) is 8.51. The van der Waals surface area contributed by atoms with Gasteiger partial charge in [-0.1, -0.05) is 121 Å². The predicted octanol–water partition coefficient (Wildman–Crippen LogP) is 14.0. The average Bonchev–Trinajstić information content (AvgIpc) is 3.75. The molecule has 2 aliphatic heterocycles. The first-order chi connectivity index (χ1) is 25.8. The summed E-state index contributed by atoms with van der Waals surface area (Å²) in [7, 11) is 0. The van der Waals surface area contributed by atoms with E-state index >= 15 is 0 Å². The molecule has 12 rings (SSSR count). The SMILES string of the molecule is c1ccc2c(c1)-c1ccccc1N1c3ccc(-c4cccc5c4oc4ccccc45)cc3Oc3cc(-c4cccc5c4oc4ccccc45)cc-2c31. The van der Waals surface area contributed by atoms with Crippen LogP contribution < -0.4 is 9.64 Å². The number of ether oxygens (including phenoxy) is 1. The first kappa shape index (κ1) is 27.7. The second-order valence-corrected chi connectivity index (χ2v) is 13.6. The van der Waals surface area contributed by atoms with Crippen LogP contribution in [0, 0.1) is 0 Å². The van der Waals surface area contributed by atoms with E-state index in [1.165, 1.54) is 11.1 Å². The van der Waals surface area contributed by atoms with Gasteiger partial charge in [0.1, 0.15) is 22.3 Å². The number of anilines is 3. The van der Waals surface area contributed by atoms with Crippen LogP contribution in [0.1, 0.15) is 0 Å². The summed E-state index contributed by atoms with van der Waals surface area (Å²) in [6, 6.07) is 57.7. The molecule has 8 aromatic carbocycles. The van der Waals surface area contributed by atoms with Gasteiger partial charge < -0.3 is 18.5 Å². The third-order valence-corrected chi connectivity index (χ3v) is 10.8. The molecule has 0 bridgehead atoms. The number of rotatable bonds is 2. The van der Waals surface area contributed by atoms with Crippen molar-refractivity contribution in [2.24, 2.45) is 0 Å². The number of benzene rings is 8. The van der Waals surface area contributed by atoms with Crippen molar-refractivity contribution in [2.75, 3.05) is 4.90 Å². The fourth-order valence-electron chi connectivity index (χ4n) is 8.51. The van der Waals surface area contributed by atoms with Crippen LogP contribution in [0.4, 0.5) is 17.1 Å².